The zero-order valence-electron chi connectivity index (χ0n) is 17.4. The second kappa shape index (κ2) is 7.66. The van der Waals surface area contributed by atoms with Gasteiger partial charge >= 0.3 is 0 Å². The lowest BCUT2D eigenvalue weighted by Gasteiger charge is -2.42. The molecule has 2 heterocycles. The van der Waals surface area contributed by atoms with Crippen LogP contribution in [0.3, 0.4) is 0 Å². The molecule has 5 rings (SSSR count). The van der Waals surface area contributed by atoms with Crippen molar-refractivity contribution in [3.8, 4) is 0 Å². The number of halogens is 1. The van der Waals surface area contributed by atoms with Crippen LogP contribution in [0.2, 0.25) is 0 Å². The summed E-state index contributed by atoms with van der Waals surface area (Å²) < 4.78 is 0. The molecule has 1 N–H and O–H groups in total. The van der Waals surface area contributed by atoms with E-state index in [0.29, 0.717) is 17.0 Å². The summed E-state index contributed by atoms with van der Waals surface area (Å²) in [6.45, 7) is 3.24. The maximum Gasteiger partial charge on any atom is 0.253 e. The second-order valence-corrected chi connectivity index (χ2v) is 8.88. The number of likely N-dealkylation sites (N-methyl/N-ethyl adjacent to an activating group) is 1. The Hall–Kier alpha value is -2.89. The first kappa shape index (κ1) is 20.0. The fraction of sp³-hybridized carbons (Fsp3) is 0.280. The fourth-order valence-electron chi connectivity index (χ4n) is 4.80. The first-order chi connectivity index (χ1) is 15.0. The highest BCUT2D eigenvalue weighted by atomic mass is 35.5. The van der Waals surface area contributed by atoms with Gasteiger partial charge in [-0.2, -0.15) is 0 Å². The van der Waals surface area contributed by atoms with E-state index in [0.717, 1.165) is 48.5 Å². The maximum absolute atomic E-state index is 13.1. The zero-order chi connectivity index (χ0) is 21.6. The van der Waals surface area contributed by atoms with E-state index in [4.69, 9.17) is 11.6 Å². The van der Waals surface area contributed by atoms with Crippen LogP contribution < -0.4 is 5.32 Å². The Labute approximate surface area is 187 Å². The average molecular weight is 434 g/mol. The SMILES string of the molecule is CN1CCN(C(=O)c2cccc(C3=CNC(=O)C45CC=C(Cl)C=C4C=CC=C35)c2)CC1. The third kappa shape index (κ3) is 3.29. The van der Waals surface area contributed by atoms with Gasteiger partial charge in [0.05, 0.1) is 0 Å². The van der Waals surface area contributed by atoms with Gasteiger partial charge in [0.2, 0.25) is 5.91 Å². The van der Waals surface area contributed by atoms with Crippen LogP contribution in [-0.2, 0) is 4.79 Å². The molecule has 0 aromatic heterocycles. The monoisotopic (exact) mass is 433 g/mol. The number of amides is 2. The molecule has 1 fully saturated rings. The topological polar surface area (TPSA) is 52.6 Å². The molecular weight excluding hydrogens is 410 g/mol. The summed E-state index contributed by atoms with van der Waals surface area (Å²) in [6, 6.07) is 7.71. The summed E-state index contributed by atoms with van der Waals surface area (Å²) in [5.41, 5.74) is 3.56. The van der Waals surface area contributed by atoms with Crippen molar-refractivity contribution in [3.05, 3.63) is 88.2 Å². The van der Waals surface area contributed by atoms with Gasteiger partial charge in [-0.1, -0.05) is 48.0 Å². The summed E-state index contributed by atoms with van der Waals surface area (Å²) in [5.74, 6) is -0.00113. The van der Waals surface area contributed by atoms with Gasteiger partial charge in [-0.25, -0.2) is 0 Å². The minimum atomic E-state index is -0.783. The highest BCUT2D eigenvalue weighted by Crippen LogP contribution is 2.52. The molecule has 2 aliphatic heterocycles. The van der Waals surface area contributed by atoms with Crippen LogP contribution in [-0.4, -0.2) is 54.8 Å². The molecule has 1 aromatic rings. The van der Waals surface area contributed by atoms with E-state index in [1.165, 1.54) is 0 Å². The normalized spacial score (nSPS) is 25.5. The first-order valence-electron chi connectivity index (χ1n) is 10.6. The molecule has 1 spiro atoms. The van der Waals surface area contributed by atoms with Crippen molar-refractivity contribution in [2.75, 3.05) is 33.2 Å². The molecule has 5 nitrogen and oxygen atoms in total. The lowest BCUT2D eigenvalue weighted by atomic mass is 9.62. The van der Waals surface area contributed by atoms with Gasteiger partial charge in [-0.05, 0) is 48.4 Å². The Morgan fingerprint density at radius 3 is 2.81 bits per heavy atom. The van der Waals surface area contributed by atoms with E-state index in [-0.39, 0.29) is 11.8 Å². The molecule has 1 atom stereocenters. The first-order valence-corrected chi connectivity index (χ1v) is 10.9. The molecule has 1 saturated heterocycles. The molecule has 158 valence electrons. The Morgan fingerprint density at radius 2 is 2.00 bits per heavy atom. The number of hydrogen-bond acceptors (Lipinski definition) is 3. The summed E-state index contributed by atoms with van der Waals surface area (Å²) >= 11 is 6.24. The lowest BCUT2D eigenvalue weighted by Crippen LogP contribution is -2.47. The van der Waals surface area contributed by atoms with Gasteiger partial charge in [0.1, 0.15) is 5.41 Å². The predicted octanol–water partition coefficient (Wildman–Crippen LogP) is 3.48. The second-order valence-electron chi connectivity index (χ2n) is 8.45. The van der Waals surface area contributed by atoms with Crippen LogP contribution in [0.1, 0.15) is 22.3 Å². The molecule has 2 amide bonds. The van der Waals surface area contributed by atoms with E-state index in [1.807, 2.05) is 59.5 Å². The van der Waals surface area contributed by atoms with Crippen molar-refractivity contribution in [1.29, 1.82) is 0 Å². The van der Waals surface area contributed by atoms with Crippen molar-refractivity contribution in [2.45, 2.75) is 6.42 Å². The molecule has 0 radical (unpaired) electrons. The Bertz CT molecular complexity index is 1120. The smallest absolute Gasteiger partial charge is 0.253 e. The molecule has 31 heavy (non-hydrogen) atoms. The molecule has 2 aliphatic carbocycles. The van der Waals surface area contributed by atoms with Crippen molar-refractivity contribution < 1.29 is 9.59 Å². The third-order valence-corrected chi connectivity index (χ3v) is 6.89. The van der Waals surface area contributed by atoms with Crippen molar-refractivity contribution >= 4 is 29.0 Å². The van der Waals surface area contributed by atoms with E-state index in [1.54, 1.807) is 6.20 Å². The summed E-state index contributed by atoms with van der Waals surface area (Å²) in [5, 5.41) is 3.61. The zero-order valence-corrected chi connectivity index (χ0v) is 18.2. The van der Waals surface area contributed by atoms with Gasteiger partial charge in [0, 0.05) is 48.5 Å². The van der Waals surface area contributed by atoms with Crippen molar-refractivity contribution in [1.82, 2.24) is 15.1 Å². The molecule has 0 saturated carbocycles. The quantitative estimate of drug-likeness (QED) is 0.776. The van der Waals surface area contributed by atoms with Crippen LogP contribution in [0.4, 0.5) is 0 Å². The third-order valence-electron chi connectivity index (χ3n) is 6.62. The van der Waals surface area contributed by atoms with Crippen LogP contribution in [0.25, 0.3) is 5.57 Å². The Morgan fingerprint density at radius 1 is 1.19 bits per heavy atom. The highest BCUT2D eigenvalue weighted by molar-refractivity contribution is 6.31. The summed E-state index contributed by atoms with van der Waals surface area (Å²) in [7, 11) is 2.07. The number of nitrogens with zero attached hydrogens (tertiary/aromatic N) is 2. The van der Waals surface area contributed by atoms with Gasteiger partial charge in [0.15, 0.2) is 0 Å². The van der Waals surface area contributed by atoms with Gasteiger partial charge < -0.3 is 15.1 Å². The molecule has 1 aromatic carbocycles. The molecule has 4 aliphatic rings. The molecule has 1 unspecified atom stereocenters. The summed E-state index contributed by atoms with van der Waals surface area (Å²) in [6.07, 6.45) is 11.9. The van der Waals surface area contributed by atoms with Gasteiger partial charge in [-0.3, -0.25) is 9.59 Å². The minimum absolute atomic E-state index is 0.0515. The standard InChI is InChI=1S/C25H24ClN3O2/c1-28-10-12-29(13-11-28)23(30)18-5-2-4-17(14-18)21-16-27-24(31)25-9-8-20(26)15-19(25)6-3-7-22(21)25/h2-8,14-16H,9-13H2,1H3,(H,27,31). The number of piperazine rings is 1. The largest absolute Gasteiger partial charge is 0.336 e. The van der Waals surface area contributed by atoms with Crippen molar-refractivity contribution in [2.24, 2.45) is 5.41 Å². The van der Waals surface area contributed by atoms with Gasteiger partial charge in [0.25, 0.3) is 5.91 Å². The predicted molar refractivity (Wildman–Crippen MR) is 122 cm³/mol. The number of rotatable bonds is 2. The van der Waals surface area contributed by atoms with E-state index in [2.05, 4.69) is 17.3 Å². The van der Waals surface area contributed by atoms with Gasteiger partial charge in [-0.15, -0.1) is 0 Å². The fourth-order valence-corrected chi connectivity index (χ4v) is 5.00. The van der Waals surface area contributed by atoms with Crippen LogP contribution >= 0.6 is 11.6 Å². The molecule has 0 bridgehead atoms. The van der Waals surface area contributed by atoms with Crippen LogP contribution in [0.15, 0.2) is 77.0 Å². The Kier molecular flexibility index (Phi) is 4.95. The number of nitrogens with one attached hydrogen (secondary N) is 1. The van der Waals surface area contributed by atoms with E-state index >= 15 is 0 Å². The van der Waals surface area contributed by atoms with Crippen molar-refractivity contribution in [3.63, 3.8) is 0 Å². The average Bonchev–Trinajstić information content (AvgIpc) is 2.79. The van der Waals surface area contributed by atoms with E-state index in [9.17, 15) is 9.59 Å². The minimum Gasteiger partial charge on any atom is -0.336 e. The lowest BCUT2D eigenvalue weighted by molar-refractivity contribution is -0.126. The van der Waals surface area contributed by atoms with Crippen LogP contribution in [0, 0.1) is 5.41 Å². The number of carbonyl (C=O) groups excluding carboxylic acids is 2. The molecular formula is C25H24ClN3O2. The van der Waals surface area contributed by atoms with Crippen LogP contribution in [0.5, 0.6) is 0 Å². The number of benzene rings is 1. The Balaban J connectivity index is 1.50. The highest BCUT2D eigenvalue weighted by Gasteiger charge is 2.49. The summed E-state index contributed by atoms with van der Waals surface area (Å²) in [4.78, 5) is 30.3. The molecule has 6 heteroatoms. The number of carbonyl (C=O) groups is 2. The maximum atomic E-state index is 13.1. The number of allylic oxidation sites excluding steroid dienone is 7. The van der Waals surface area contributed by atoms with E-state index < -0.39 is 5.41 Å². The number of hydrogen-bond donors (Lipinski definition) is 1.